The topological polar surface area (TPSA) is 32.3 Å². The number of rotatable bonds is 6. The Morgan fingerprint density at radius 2 is 2.19 bits per heavy atom. The van der Waals surface area contributed by atoms with Crippen LogP contribution in [-0.2, 0) is 6.54 Å². The molecule has 0 heterocycles. The van der Waals surface area contributed by atoms with Crippen molar-refractivity contribution in [2.45, 2.75) is 32.4 Å². The highest BCUT2D eigenvalue weighted by molar-refractivity contribution is 6.30. The third-order valence-electron chi connectivity index (χ3n) is 2.25. The van der Waals surface area contributed by atoms with Crippen LogP contribution in [0.4, 0.5) is 4.39 Å². The number of nitrogens with one attached hydrogen (secondary N) is 1. The van der Waals surface area contributed by atoms with E-state index in [0.717, 1.165) is 18.4 Å². The summed E-state index contributed by atoms with van der Waals surface area (Å²) in [6.45, 7) is 3.05. The van der Waals surface area contributed by atoms with Gasteiger partial charge in [-0.15, -0.1) is 0 Å². The summed E-state index contributed by atoms with van der Waals surface area (Å²) < 4.78 is 13.0. The predicted octanol–water partition coefficient (Wildman–Crippen LogP) is 2.73. The molecule has 0 amide bonds. The van der Waals surface area contributed by atoms with E-state index in [1.807, 2.05) is 6.92 Å². The summed E-state index contributed by atoms with van der Waals surface area (Å²) in [5.41, 5.74) is 0.786. The fraction of sp³-hybridized carbons (Fsp3) is 0.500. The maximum absolute atomic E-state index is 13.0. The largest absolute Gasteiger partial charge is 0.392 e. The molecule has 0 aliphatic rings. The van der Waals surface area contributed by atoms with Crippen LogP contribution in [0.5, 0.6) is 0 Å². The average molecular weight is 246 g/mol. The SMILES string of the molecule is CCCC(O)CNCc1cc(F)cc(Cl)c1. The summed E-state index contributed by atoms with van der Waals surface area (Å²) in [5.74, 6) is -0.335. The van der Waals surface area contributed by atoms with Gasteiger partial charge in [-0.3, -0.25) is 0 Å². The molecule has 90 valence electrons. The Morgan fingerprint density at radius 1 is 1.44 bits per heavy atom. The minimum Gasteiger partial charge on any atom is -0.392 e. The van der Waals surface area contributed by atoms with Crippen LogP contribution in [0.3, 0.4) is 0 Å². The number of aliphatic hydroxyl groups is 1. The van der Waals surface area contributed by atoms with Gasteiger partial charge in [0.2, 0.25) is 0 Å². The van der Waals surface area contributed by atoms with Crippen LogP contribution in [-0.4, -0.2) is 17.8 Å². The third-order valence-corrected chi connectivity index (χ3v) is 2.47. The molecular formula is C12H17ClFNO. The lowest BCUT2D eigenvalue weighted by atomic mass is 10.2. The fourth-order valence-corrected chi connectivity index (χ4v) is 1.78. The lowest BCUT2D eigenvalue weighted by Crippen LogP contribution is -2.26. The van der Waals surface area contributed by atoms with E-state index < -0.39 is 0 Å². The first-order valence-electron chi connectivity index (χ1n) is 5.45. The lowest BCUT2D eigenvalue weighted by Gasteiger charge is -2.10. The molecule has 0 fully saturated rings. The Hall–Kier alpha value is -0.640. The molecule has 0 aliphatic heterocycles. The van der Waals surface area contributed by atoms with Crippen LogP contribution < -0.4 is 5.32 Å². The van der Waals surface area contributed by atoms with E-state index in [1.54, 1.807) is 6.07 Å². The zero-order valence-corrected chi connectivity index (χ0v) is 10.1. The third kappa shape index (κ3) is 4.92. The molecule has 0 bridgehead atoms. The fourth-order valence-electron chi connectivity index (χ4n) is 1.53. The Morgan fingerprint density at radius 3 is 2.81 bits per heavy atom. The van der Waals surface area contributed by atoms with Gasteiger partial charge in [-0.25, -0.2) is 4.39 Å². The second-order valence-electron chi connectivity index (χ2n) is 3.85. The molecule has 16 heavy (non-hydrogen) atoms. The van der Waals surface area contributed by atoms with E-state index in [-0.39, 0.29) is 11.9 Å². The van der Waals surface area contributed by atoms with Gasteiger partial charge in [-0.05, 0) is 30.2 Å². The maximum Gasteiger partial charge on any atom is 0.125 e. The van der Waals surface area contributed by atoms with Gasteiger partial charge in [0.15, 0.2) is 0 Å². The van der Waals surface area contributed by atoms with Crippen LogP contribution in [0.25, 0.3) is 0 Å². The monoisotopic (exact) mass is 245 g/mol. The van der Waals surface area contributed by atoms with Crippen LogP contribution >= 0.6 is 11.6 Å². The number of aliphatic hydroxyl groups excluding tert-OH is 1. The molecular weight excluding hydrogens is 229 g/mol. The van der Waals surface area contributed by atoms with E-state index in [4.69, 9.17) is 11.6 Å². The number of halogens is 2. The summed E-state index contributed by atoms with van der Waals surface area (Å²) >= 11 is 5.72. The van der Waals surface area contributed by atoms with Gasteiger partial charge in [0.1, 0.15) is 5.82 Å². The Labute approximate surface area is 100 Å². The van der Waals surface area contributed by atoms with Gasteiger partial charge in [0.25, 0.3) is 0 Å². The van der Waals surface area contributed by atoms with Crippen molar-refractivity contribution in [2.24, 2.45) is 0 Å². The Balaban J connectivity index is 2.37. The molecule has 1 aromatic carbocycles. The minimum absolute atomic E-state index is 0.335. The molecule has 0 aromatic heterocycles. The Bertz CT molecular complexity index is 313. The summed E-state index contributed by atoms with van der Waals surface area (Å²) in [4.78, 5) is 0. The van der Waals surface area contributed by atoms with Crippen molar-refractivity contribution in [3.63, 3.8) is 0 Å². The minimum atomic E-state index is -0.339. The van der Waals surface area contributed by atoms with Crippen LogP contribution in [0.2, 0.25) is 5.02 Å². The quantitative estimate of drug-likeness (QED) is 0.808. The van der Waals surface area contributed by atoms with Crippen molar-refractivity contribution in [3.8, 4) is 0 Å². The molecule has 2 nitrogen and oxygen atoms in total. The van der Waals surface area contributed by atoms with Crippen molar-refractivity contribution >= 4 is 11.6 Å². The summed E-state index contributed by atoms with van der Waals surface area (Å²) in [5, 5.41) is 12.9. The van der Waals surface area contributed by atoms with Crippen LogP contribution in [0.1, 0.15) is 25.3 Å². The second-order valence-corrected chi connectivity index (χ2v) is 4.29. The summed E-state index contributed by atoms with van der Waals surface area (Å²) in [7, 11) is 0. The smallest absolute Gasteiger partial charge is 0.125 e. The zero-order valence-electron chi connectivity index (χ0n) is 9.34. The van der Waals surface area contributed by atoms with E-state index in [2.05, 4.69) is 5.32 Å². The average Bonchev–Trinajstić information content (AvgIpc) is 2.16. The molecule has 2 N–H and O–H groups in total. The van der Waals surface area contributed by atoms with Gasteiger partial charge < -0.3 is 10.4 Å². The first-order chi connectivity index (χ1) is 7.61. The maximum atomic E-state index is 13.0. The van der Waals surface area contributed by atoms with Crippen molar-refractivity contribution in [1.29, 1.82) is 0 Å². The molecule has 0 aliphatic carbocycles. The molecule has 1 aromatic rings. The van der Waals surface area contributed by atoms with Gasteiger partial charge in [0, 0.05) is 18.1 Å². The molecule has 0 saturated carbocycles. The van der Waals surface area contributed by atoms with Crippen molar-refractivity contribution in [1.82, 2.24) is 5.32 Å². The zero-order chi connectivity index (χ0) is 12.0. The predicted molar refractivity (Wildman–Crippen MR) is 64.0 cm³/mol. The molecule has 1 unspecified atom stereocenters. The van der Waals surface area contributed by atoms with Gasteiger partial charge in [0.05, 0.1) is 6.10 Å². The standard InChI is InChI=1S/C12H17ClFNO/c1-2-3-12(16)8-15-7-9-4-10(13)6-11(14)5-9/h4-6,12,15-16H,2-3,7-8H2,1H3. The van der Waals surface area contributed by atoms with E-state index in [0.29, 0.717) is 18.1 Å². The molecule has 0 radical (unpaired) electrons. The second kappa shape index (κ2) is 6.84. The van der Waals surface area contributed by atoms with Gasteiger partial charge in [-0.2, -0.15) is 0 Å². The van der Waals surface area contributed by atoms with E-state index in [9.17, 15) is 9.50 Å². The van der Waals surface area contributed by atoms with Gasteiger partial charge >= 0.3 is 0 Å². The van der Waals surface area contributed by atoms with E-state index in [1.165, 1.54) is 12.1 Å². The highest BCUT2D eigenvalue weighted by Crippen LogP contribution is 2.13. The van der Waals surface area contributed by atoms with E-state index >= 15 is 0 Å². The summed E-state index contributed by atoms with van der Waals surface area (Å²) in [6, 6.07) is 4.42. The molecule has 1 atom stereocenters. The van der Waals surface area contributed by atoms with Crippen LogP contribution in [0.15, 0.2) is 18.2 Å². The van der Waals surface area contributed by atoms with Crippen molar-refractivity contribution in [2.75, 3.05) is 6.54 Å². The highest BCUT2D eigenvalue weighted by Gasteiger charge is 2.03. The Kier molecular flexibility index (Phi) is 5.74. The van der Waals surface area contributed by atoms with Crippen molar-refractivity contribution < 1.29 is 9.50 Å². The molecule has 0 spiro atoms. The lowest BCUT2D eigenvalue weighted by molar-refractivity contribution is 0.160. The first kappa shape index (κ1) is 13.4. The molecule has 1 rings (SSSR count). The van der Waals surface area contributed by atoms with Crippen molar-refractivity contribution in [3.05, 3.63) is 34.6 Å². The number of benzene rings is 1. The number of hydrogen-bond donors (Lipinski definition) is 2. The molecule has 4 heteroatoms. The first-order valence-corrected chi connectivity index (χ1v) is 5.83. The highest BCUT2D eigenvalue weighted by atomic mass is 35.5. The van der Waals surface area contributed by atoms with Crippen LogP contribution in [0, 0.1) is 5.82 Å². The normalized spacial score (nSPS) is 12.8. The summed E-state index contributed by atoms with van der Waals surface area (Å²) in [6.07, 6.45) is 1.39. The van der Waals surface area contributed by atoms with Gasteiger partial charge in [-0.1, -0.05) is 24.9 Å². The number of hydrogen-bond acceptors (Lipinski definition) is 2. The molecule has 0 saturated heterocycles.